The second kappa shape index (κ2) is 5.54. The SMILES string of the molecule is CC(C)c1ccc([C@@]23C[C@@H]2CN(C(=O)[C@H]2C[C@]4(COC(O)N4)C2)C3)cc1. The molecule has 1 unspecified atom stereocenters. The van der Waals surface area contributed by atoms with E-state index in [-0.39, 0.29) is 16.9 Å². The van der Waals surface area contributed by atoms with Gasteiger partial charge in [-0.15, -0.1) is 0 Å². The number of aliphatic hydroxyl groups excluding tert-OH is 1. The molecule has 0 radical (unpaired) electrons. The quantitative estimate of drug-likeness (QED) is 0.869. The molecule has 2 saturated heterocycles. The highest BCUT2D eigenvalue weighted by Gasteiger charge is 2.63. The summed E-state index contributed by atoms with van der Waals surface area (Å²) in [5.74, 6) is 1.55. The molecule has 2 heterocycles. The van der Waals surface area contributed by atoms with Gasteiger partial charge < -0.3 is 14.7 Å². The summed E-state index contributed by atoms with van der Waals surface area (Å²) in [7, 11) is 0. The van der Waals surface area contributed by atoms with Gasteiger partial charge in [-0.1, -0.05) is 38.1 Å². The van der Waals surface area contributed by atoms with E-state index in [1.165, 1.54) is 17.5 Å². The fraction of sp³-hybridized carbons (Fsp3) is 0.667. The van der Waals surface area contributed by atoms with E-state index < -0.39 is 6.41 Å². The third kappa shape index (κ3) is 2.44. The molecule has 5 nitrogen and oxygen atoms in total. The van der Waals surface area contributed by atoms with Crippen molar-refractivity contribution >= 4 is 5.91 Å². The highest BCUT2D eigenvalue weighted by molar-refractivity contribution is 5.81. The number of hydrogen-bond acceptors (Lipinski definition) is 4. The summed E-state index contributed by atoms with van der Waals surface area (Å²) in [4.78, 5) is 15.0. The van der Waals surface area contributed by atoms with Crippen LogP contribution in [0.15, 0.2) is 24.3 Å². The molecule has 2 N–H and O–H groups in total. The van der Waals surface area contributed by atoms with Crippen LogP contribution in [0.4, 0.5) is 0 Å². The highest BCUT2D eigenvalue weighted by atomic mass is 16.6. The van der Waals surface area contributed by atoms with Crippen LogP contribution in [-0.4, -0.2) is 47.6 Å². The second-order valence-electron chi connectivity index (χ2n) is 9.25. The summed E-state index contributed by atoms with van der Waals surface area (Å²) in [5.41, 5.74) is 2.81. The molecule has 1 aromatic carbocycles. The van der Waals surface area contributed by atoms with Crippen molar-refractivity contribution in [3.05, 3.63) is 35.4 Å². The number of aliphatic hydroxyl groups is 1. The standard InChI is InChI=1S/C21H28N2O3/c1-13(2)14-3-5-16(6-4-14)21-9-17(21)10-23(11-21)18(24)15-7-20(8-15)12-26-19(25)22-20/h3-6,13,15,17,19,22,25H,7-12H2,1-2H3/t15-,17-,19?,20+,21+/m1/s1. The topological polar surface area (TPSA) is 61.8 Å². The van der Waals surface area contributed by atoms with Gasteiger partial charge in [-0.25, -0.2) is 0 Å². The molecule has 1 spiro atoms. The Morgan fingerprint density at radius 2 is 2.00 bits per heavy atom. The fourth-order valence-corrected chi connectivity index (χ4v) is 5.43. The fourth-order valence-electron chi connectivity index (χ4n) is 5.43. The number of rotatable bonds is 3. The largest absolute Gasteiger partial charge is 0.356 e. The van der Waals surface area contributed by atoms with Gasteiger partial charge in [0, 0.05) is 30.0 Å². The Bertz CT molecular complexity index is 725. The van der Waals surface area contributed by atoms with E-state index >= 15 is 0 Å². The first-order valence-corrected chi connectivity index (χ1v) is 9.87. The maximum absolute atomic E-state index is 12.9. The maximum atomic E-state index is 12.9. The average Bonchev–Trinajstić information content (AvgIpc) is 2.96. The first-order chi connectivity index (χ1) is 12.4. The second-order valence-corrected chi connectivity index (χ2v) is 9.25. The molecule has 5 heteroatoms. The van der Waals surface area contributed by atoms with E-state index in [1.807, 2.05) is 0 Å². The molecule has 140 valence electrons. The number of carbonyl (C=O) groups is 1. The third-order valence-corrected chi connectivity index (χ3v) is 7.18. The number of likely N-dealkylation sites (tertiary alicyclic amines) is 1. The van der Waals surface area contributed by atoms with Crippen molar-refractivity contribution in [3.8, 4) is 0 Å². The molecule has 2 aliphatic heterocycles. The molecule has 1 amide bonds. The van der Waals surface area contributed by atoms with E-state index in [0.29, 0.717) is 24.3 Å². The maximum Gasteiger partial charge on any atom is 0.225 e. The van der Waals surface area contributed by atoms with Crippen LogP contribution < -0.4 is 5.32 Å². The molecule has 2 saturated carbocycles. The number of benzene rings is 1. The van der Waals surface area contributed by atoms with Gasteiger partial charge in [0.15, 0.2) is 0 Å². The third-order valence-electron chi connectivity index (χ3n) is 7.18. The van der Waals surface area contributed by atoms with Crippen molar-refractivity contribution < 1.29 is 14.6 Å². The van der Waals surface area contributed by atoms with Crippen molar-refractivity contribution in [2.45, 2.75) is 56.4 Å². The number of piperidine rings is 1. The number of ether oxygens (including phenoxy) is 1. The van der Waals surface area contributed by atoms with E-state index in [9.17, 15) is 9.90 Å². The normalized spacial score (nSPS) is 40.8. The molecule has 4 fully saturated rings. The summed E-state index contributed by atoms with van der Waals surface area (Å²) in [6.07, 6.45) is 1.90. The summed E-state index contributed by atoms with van der Waals surface area (Å²) in [5, 5.41) is 12.6. The Balaban J connectivity index is 1.23. The minimum atomic E-state index is -0.873. The molecular formula is C21H28N2O3. The zero-order valence-corrected chi connectivity index (χ0v) is 15.6. The minimum Gasteiger partial charge on any atom is -0.356 e. The van der Waals surface area contributed by atoms with Crippen LogP contribution in [0, 0.1) is 11.8 Å². The Hall–Kier alpha value is -1.43. The number of carbonyl (C=O) groups excluding carboxylic acids is 1. The van der Waals surface area contributed by atoms with Crippen LogP contribution in [0.3, 0.4) is 0 Å². The predicted octanol–water partition coefficient (Wildman–Crippen LogP) is 1.95. The van der Waals surface area contributed by atoms with Gasteiger partial charge in [0.05, 0.1) is 6.61 Å². The van der Waals surface area contributed by atoms with Crippen molar-refractivity contribution in [2.75, 3.05) is 19.7 Å². The molecular weight excluding hydrogens is 328 g/mol. The Kier molecular flexibility index (Phi) is 3.56. The zero-order valence-electron chi connectivity index (χ0n) is 15.6. The van der Waals surface area contributed by atoms with E-state index in [4.69, 9.17) is 4.74 Å². The van der Waals surface area contributed by atoms with Crippen molar-refractivity contribution in [2.24, 2.45) is 11.8 Å². The number of nitrogens with zero attached hydrogens (tertiary/aromatic N) is 1. The van der Waals surface area contributed by atoms with Gasteiger partial charge in [0.2, 0.25) is 12.3 Å². The monoisotopic (exact) mass is 356 g/mol. The average molecular weight is 356 g/mol. The summed E-state index contributed by atoms with van der Waals surface area (Å²) in [6, 6.07) is 9.06. The van der Waals surface area contributed by atoms with Gasteiger partial charge in [-0.05, 0) is 42.2 Å². The molecule has 0 aromatic heterocycles. The molecule has 2 aliphatic carbocycles. The lowest BCUT2D eigenvalue weighted by molar-refractivity contribution is -0.140. The molecule has 1 aromatic rings. The number of amides is 1. The Morgan fingerprint density at radius 3 is 2.62 bits per heavy atom. The summed E-state index contributed by atoms with van der Waals surface area (Å²) < 4.78 is 5.21. The van der Waals surface area contributed by atoms with Crippen LogP contribution in [-0.2, 0) is 14.9 Å². The zero-order chi connectivity index (χ0) is 18.1. The minimum absolute atomic E-state index is 0.0780. The number of hydrogen-bond donors (Lipinski definition) is 2. The van der Waals surface area contributed by atoms with Gasteiger partial charge in [0.1, 0.15) is 0 Å². The first-order valence-electron chi connectivity index (χ1n) is 9.87. The van der Waals surface area contributed by atoms with E-state index in [2.05, 4.69) is 48.3 Å². The molecule has 3 atom stereocenters. The van der Waals surface area contributed by atoms with Crippen molar-refractivity contribution in [1.82, 2.24) is 10.2 Å². The first kappa shape index (κ1) is 16.7. The van der Waals surface area contributed by atoms with Gasteiger partial charge >= 0.3 is 0 Å². The lowest BCUT2D eigenvalue weighted by atomic mass is 9.68. The molecule has 5 rings (SSSR count). The molecule has 26 heavy (non-hydrogen) atoms. The number of nitrogens with one attached hydrogen (secondary N) is 1. The van der Waals surface area contributed by atoms with Crippen LogP contribution in [0.1, 0.15) is 50.2 Å². The Labute approximate surface area is 154 Å². The van der Waals surface area contributed by atoms with Crippen LogP contribution in [0.5, 0.6) is 0 Å². The molecule has 0 bridgehead atoms. The smallest absolute Gasteiger partial charge is 0.225 e. The van der Waals surface area contributed by atoms with Crippen molar-refractivity contribution in [3.63, 3.8) is 0 Å². The van der Waals surface area contributed by atoms with Crippen LogP contribution in [0.2, 0.25) is 0 Å². The van der Waals surface area contributed by atoms with Gasteiger partial charge in [-0.3, -0.25) is 10.1 Å². The lowest BCUT2D eigenvalue weighted by Gasteiger charge is -2.44. The van der Waals surface area contributed by atoms with Crippen LogP contribution >= 0.6 is 0 Å². The van der Waals surface area contributed by atoms with Crippen LogP contribution in [0.25, 0.3) is 0 Å². The summed E-state index contributed by atoms with van der Waals surface area (Å²) in [6.45, 7) is 6.72. The number of fused-ring (bicyclic) bond motifs is 1. The predicted molar refractivity (Wildman–Crippen MR) is 97.4 cm³/mol. The van der Waals surface area contributed by atoms with Gasteiger partial charge in [-0.2, -0.15) is 0 Å². The van der Waals surface area contributed by atoms with Crippen molar-refractivity contribution in [1.29, 1.82) is 0 Å². The summed E-state index contributed by atoms with van der Waals surface area (Å²) >= 11 is 0. The van der Waals surface area contributed by atoms with E-state index in [1.54, 1.807) is 0 Å². The Morgan fingerprint density at radius 1 is 1.27 bits per heavy atom. The van der Waals surface area contributed by atoms with Gasteiger partial charge in [0.25, 0.3) is 0 Å². The molecule has 4 aliphatic rings. The van der Waals surface area contributed by atoms with E-state index in [0.717, 1.165) is 25.9 Å². The lowest BCUT2D eigenvalue weighted by Crippen LogP contribution is -2.58. The highest BCUT2D eigenvalue weighted by Crippen LogP contribution is 2.59.